The molecule has 5 aliphatic carbocycles. The molecule has 30 aromatic rings. The second-order valence-electron chi connectivity index (χ2n) is 29.5. The van der Waals surface area contributed by atoms with Crippen LogP contribution in [0.1, 0.15) is 27.8 Å². The first kappa shape index (κ1) is 34.5. The first-order chi connectivity index (χ1) is 42.6. The van der Waals surface area contributed by atoms with E-state index >= 15 is 0 Å². The van der Waals surface area contributed by atoms with Crippen LogP contribution in [0.25, 0.3) is 291 Å². The van der Waals surface area contributed by atoms with Gasteiger partial charge in [-0.15, -0.1) is 5.73 Å². The van der Waals surface area contributed by atoms with Crippen molar-refractivity contribution in [2.75, 3.05) is 29.3 Å². The van der Waals surface area contributed by atoms with Crippen LogP contribution in [-0.2, 0) is 15.7 Å². The Balaban J connectivity index is 0.955. The third kappa shape index (κ3) is 2.09. The van der Waals surface area contributed by atoms with Gasteiger partial charge in [-0.25, -0.2) is 5.01 Å². The summed E-state index contributed by atoms with van der Waals surface area (Å²) in [6.45, 7) is 0. The number of benzene rings is 20. The van der Waals surface area contributed by atoms with Gasteiger partial charge in [-0.05, 0) is 356 Å². The summed E-state index contributed by atoms with van der Waals surface area (Å²) in [6, 6.07) is 18.5. The maximum atomic E-state index is 13.8. The van der Waals surface area contributed by atoms with Gasteiger partial charge in [0.25, 0.3) is 5.91 Å². The lowest BCUT2D eigenvalue weighted by molar-refractivity contribution is -0.112. The number of hydrogen-bond donors (Lipinski definition) is 1. The van der Waals surface area contributed by atoms with Gasteiger partial charge < -0.3 is 10.2 Å². The highest BCUT2D eigenvalue weighted by molar-refractivity contribution is 6.82. The minimum atomic E-state index is -0.830. The highest BCUT2D eigenvalue weighted by atomic mass is 16.1. The van der Waals surface area contributed by atoms with Crippen molar-refractivity contribution in [1.82, 2.24) is 0 Å². The van der Waals surface area contributed by atoms with E-state index in [0.717, 1.165) is 11.4 Å². The summed E-state index contributed by atoms with van der Waals surface area (Å²) in [7, 11) is 4.34. The highest BCUT2D eigenvalue weighted by Crippen LogP contribution is 2.86. The average molecular weight is 1060 g/mol. The molecule has 368 valence electrons. The Morgan fingerprint density at radius 1 is 0.384 bits per heavy atom. The number of nitrogens with one attached hydrogen (secondary N) is 1. The molecular weight excluding hydrogens is 1040 g/mol. The second-order valence-corrected chi connectivity index (χ2v) is 29.5. The number of rotatable bonds is 5. The maximum Gasteiger partial charge on any atom is 0.263 e. The molecule has 1 amide bonds. The summed E-state index contributed by atoms with van der Waals surface area (Å²) in [5, 5.41) is 97.9. The van der Waals surface area contributed by atoms with Crippen molar-refractivity contribution in [2.24, 2.45) is 5.10 Å². The predicted octanol–water partition coefficient (Wildman–Crippen LogP) is 19.8. The van der Waals surface area contributed by atoms with Crippen molar-refractivity contribution in [3.8, 4) is 0 Å². The SMILES string of the molecule is CN(C)c1ccc(C2=NN(c3ccc(NC(=O)C4=C=CC=C4)cc3)C34c5c6c7c8c9c%10c(c%11c%12c3c3c5c5c%13c6c6c7c7c9c9c%14c%10c%10c%11c%11c%12c%12c3c3c5c5c%13c%13c6c6c7c9c7c9c%14c%10c%10c%11c%11c%12c3c3c5c5c%13c6c7c6c9c%10c%11c3c56)C284)cc1. The molecule has 2 spiro atoms. The van der Waals surface area contributed by atoms with Crippen LogP contribution in [0.2, 0.25) is 0 Å². The van der Waals surface area contributed by atoms with Gasteiger partial charge >= 0.3 is 0 Å². The molecule has 0 fully saturated rings. The number of anilines is 3. The number of hydrazone groups is 1. The third-order valence-electron chi connectivity index (χ3n) is 28.0. The number of nitrogens with zero attached hydrogens (tertiary/aromatic N) is 3. The van der Waals surface area contributed by atoms with Crippen molar-refractivity contribution < 1.29 is 4.79 Å². The Bertz CT molecular complexity index is 8300. The summed E-state index contributed by atoms with van der Waals surface area (Å²) in [4.78, 5) is 16.1. The zero-order valence-electron chi connectivity index (χ0n) is 44.6. The molecule has 1 N–H and O–H groups in total. The van der Waals surface area contributed by atoms with Gasteiger partial charge in [-0.3, -0.25) is 4.79 Å². The van der Waals surface area contributed by atoms with Crippen molar-refractivity contribution in [2.45, 2.75) is 11.0 Å². The summed E-state index contributed by atoms with van der Waals surface area (Å²) in [5.74, 6) is -0.145. The first-order valence-corrected chi connectivity index (χ1v) is 31.1. The zero-order valence-corrected chi connectivity index (χ0v) is 44.6. The summed E-state index contributed by atoms with van der Waals surface area (Å²) < 4.78 is 0. The van der Waals surface area contributed by atoms with Crippen LogP contribution in [-0.4, -0.2) is 25.7 Å². The number of allylic oxidation sites excluding steroid dienone is 1. The Morgan fingerprint density at radius 2 is 0.674 bits per heavy atom. The molecule has 36 rings (SSSR count). The quantitative estimate of drug-likeness (QED) is 0.138. The van der Waals surface area contributed by atoms with Crippen LogP contribution in [0.3, 0.4) is 0 Å². The van der Waals surface area contributed by atoms with E-state index in [1.165, 1.54) is 49.6 Å². The molecule has 0 radical (unpaired) electrons. The fourth-order valence-electron chi connectivity index (χ4n) is 27.0. The van der Waals surface area contributed by atoms with E-state index in [1.54, 1.807) is 280 Å². The normalized spacial score (nSPS) is 20.9. The lowest BCUT2D eigenvalue weighted by atomic mass is 9.50. The van der Waals surface area contributed by atoms with Gasteiger partial charge in [0.2, 0.25) is 0 Å². The van der Waals surface area contributed by atoms with Gasteiger partial charge in [0, 0.05) is 36.6 Å². The highest BCUT2D eigenvalue weighted by Gasteiger charge is 2.77. The fraction of sp³-hybridized carbons (Fsp3) is 0.0494. The van der Waals surface area contributed by atoms with Gasteiger partial charge in [-0.1, -0.05) is 18.2 Å². The Morgan fingerprint density at radius 3 is 0.953 bits per heavy atom. The molecule has 6 aliphatic rings. The summed E-state index contributed by atoms with van der Waals surface area (Å²) in [5.41, 5.74) is 13.7. The van der Waals surface area contributed by atoms with E-state index in [1.807, 2.05) is 18.2 Å². The largest absolute Gasteiger partial charge is 0.378 e. The minimum Gasteiger partial charge on any atom is -0.378 e. The van der Waals surface area contributed by atoms with E-state index in [-0.39, 0.29) is 5.91 Å². The molecular formula is C81H18N4O. The molecule has 5 nitrogen and oxygen atoms in total. The van der Waals surface area contributed by atoms with Gasteiger partial charge in [0.1, 0.15) is 11.0 Å². The lowest BCUT2D eigenvalue weighted by Gasteiger charge is -2.53. The third-order valence-corrected chi connectivity index (χ3v) is 28.0. The van der Waals surface area contributed by atoms with Crippen LogP contribution in [0.4, 0.5) is 17.1 Å². The topological polar surface area (TPSA) is 47.9 Å². The average Bonchev–Trinajstić information content (AvgIpc) is 1.38. The number of carbonyl (C=O) groups is 1. The van der Waals surface area contributed by atoms with Crippen molar-refractivity contribution >= 4 is 320 Å². The van der Waals surface area contributed by atoms with E-state index in [2.05, 4.69) is 83.6 Å². The van der Waals surface area contributed by atoms with E-state index in [4.69, 9.17) is 5.10 Å². The molecule has 1 heterocycles. The fourth-order valence-corrected chi connectivity index (χ4v) is 27.0. The molecule has 1 aliphatic heterocycles. The molecule has 5 heteroatoms. The Labute approximate surface area is 472 Å². The lowest BCUT2D eigenvalue weighted by Crippen LogP contribution is -2.59. The maximum absolute atomic E-state index is 13.8. The summed E-state index contributed by atoms with van der Waals surface area (Å²) in [6.07, 6.45) is 5.55. The van der Waals surface area contributed by atoms with Gasteiger partial charge in [0.15, 0.2) is 0 Å². The smallest absolute Gasteiger partial charge is 0.263 e. The molecule has 0 atom stereocenters. The van der Waals surface area contributed by atoms with Crippen LogP contribution in [0.15, 0.2) is 83.2 Å². The van der Waals surface area contributed by atoms with Crippen LogP contribution < -0.4 is 15.2 Å². The van der Waals surface area contributed by atoms with Gasteiger partial charge in [-0.2, -0.15) is 5.10 Å². The minimum absolute atomic E-state index is 0.145. The van der Waals surface area contributed by atoms with Crippen molar-refractivity contribution in [1.29, 1.82) is 0 Å². The molecule has 0 saturated carbocycles. The molecule has 0 bridgehead atoms. The zero-order chi connectivity index (χ0) is 52.6. The predicted molar refractivity (Wildman–Crippen MR) is 359 cm³/mol. The summed E-state index contributed by atoms with van der Waals surface area (Å²) >= 11 is 0. The van der Waals surface area contributed by atoms with Crippen LogP contribution in [0, 0.1) is 0 Å². The number of amides is 1. The molecule has 0 unspecified atom stereocenters. The number of hydrogen-bond acceptors (Lipinski definition) is 4. The Hall–Kier alpha value is -11.1. The molecule has 0 aromatic heterocycles. The standard InChI is InChI=1S/C81H18N4O/c1-84(2)18-11-7-15(8-12-18)78-80-74-66-58-48-38-30-22-20-21-24-28-26(22)34-42-36(28)46-40-32(24)33-25(21)29-27-23(20)31(30)39-45-35(27)43-37(29)47-41(33)51-50(40)62-56(46)64-54(42)60(52(58)44(34)38)68(74)70(64)76-72(62)73-63(51)57(47)65-55(43)61-53(45)59(49(39)48)67(66)75(80)69(61)71(65)77(73)81(76,80)85(83-78)19-13-9-17(10-14-19)82-79(86)16-5-3-4-6-16/h3-5,7-14H,1-2H3,(H,82,86). The molecule has 0 saturated heterocycles. The second kappa shape index (κ2) is 8.43. The van der Waals surface area contributed by atoms with E-state index in [0.29, 0.717) is 5.57 Å². The number of carbonyl (C=O) groups excluding carboxylic acids is 1. The van der Waals surface area contributed by atoms with E-state index in [9.17, 15) is 4.79 Å². The monoisotopic (exact) mass is 1060 g/mol. The van der Waals surface area contributed by atoms with Crippen LogP contribution >= 0.6 is 0 Å². The molecule has 30 aromatic carbocycles. The van der Waals surface area contributed by atoms with Crippen molar-refractivity contribution in [3.05, 3.63) is 106 Å². The van der Waals surface area contributed by atoms with Crippen molar-refractivity contribution in [3.63, 3.8) is 0 Å². The molecule has 86 heavy (non-hydrogen) atoms. The van der Waals surface area contributed by atoms with E-state index < -0.39 is 11.0 Å². The van der Waals surface area contributed by atoms with Gasteiger partial charge in [0.05, 0.1) is 17.0 Å². The first-order valence-electron chi connectivity index (χ1n) is 31.1. The Kier molecular flexibility index (Phi) is 3.38. The van der Waals surface area contributed by atoms with Crippen LogP contribution in [0.5, 0.6) is 0 Å².